The van der Waals surface area contributed by atoms with Crippen LogP contribution in [0, 0.1) is 0 Å². The maximum atomic E-state index is 11.8. The lowest BCUT2D eigenvalue weighted by molar-refractivity contribution is 0.0932. The molecule has 0 spiro atoms. The lowest BCUT2D eigenvalue weighted by Crippen LogP contribution is -2.34. The van der Waals surface area contributed by atoms with Crippen molar-refractivity contribution in [1.82, 2.24) is 15.5 Å². The van der Waals surface area contributed by atoms with Gasteiger partial charge in [-0.15, -0.1) is 0 Å². The summed E-state index contributed by atoms with van der Waals surface area (Å²) in [6.07, 6.45) is 3.15. The van der Waals surface area contributed by atoms with E-state index in [4.69, 9.17) is 4.42 Å². The number of rotatable bonds is 5. The molecule has 0 bridgehead atoms. The average molecular weight is 261 g/mol. The molecular weight excluding hydrogens is 246 g/mol. The molecule has 0 saturated carbocycles. The third kappa shape index (κ3) is 3.80. The van der Waals surface area contributed by atoms with Gasteiger partial charge in [-0.3, -0.25) is 9.59 Å². The number of carbonyl (C=O) groups is 1. The van der Waals surface area contributed by atoms with Crippen LogP contribution in [-0.2, 0) is 6.42 Å². The molecular formula is C13H15N3O3. The summed E-state index contributed by atoms with van der Waals surface area (Å²) in [5.74, 6) is 0.589. The highest BCUT2D eigenvalue weighted by molar-refractivity contribution is 5.92. The highest BCUT2D eigenvalue weighted by Gasteiger charge is 2.11. The van der Waals surface area contributed by atoms with Crippen LogP contribution in [0.4, 0.5) is 0 Å². The molecule has 0 aliphatic heterocycles. The van der Waals surface area contributed by atoms with Gasteiger partial charge in [-0.05, 0) is 31.5 Å². The Morgan fingerprint density at radius 2 is 2.32 bits per heavy atom. The van der Waals surface area contributed by atoms with Crippen LogP contribution in [0.2, 0.25) is 0 Å². The second kappa shape index (κ2) is 5.99. The molecule has 0 aromatic carbocycles. The number of hydrogen-bond donors (Lipinski definition) is 2. The first-order chi connectivity index (χ1) is 9.15. The smallest absolute Gasteiger partial charge is 0.271 e. The van der Waals surface area contributed by atoms with Gasteiger partial charge >= 0.3 is 0 Å². The third-order valence-electron chi connectivity index (χ3n) is 2.69. The van der Waals surface area contributed by atoms with Gasteiger partial charge in [-0.1, -0.05) is 0 Å². The standard InChI is InChI=1S/C13H15N3O3/c1-9(4-5-10-3-2-8-19-10)14-13(18)11-6-7-12(17)16-15-11/h2-3,6-9H,4-5H2,1H3,(H,14,18)(H,16,17)/t9-/m0/s1. The van der Waals surface area contributed by atoms with Gasteiger partial charge in [-0.25, -0.2) is 5.10 Å². The number of aromatic nitrogens is 2. The first-order valence-corrected chi connectivity index (χ1v) is 6.04. The monoisotopic (exact) mass is 261 g/mol. The molecule has 0 aliphatic carbocycles. The predicted molar refractivity (Wildman–Crippen MR) is 68.8 cm³/mol. The molecule has 1 amide bonds. The molecule has 2 heterocycles. The van der Waals surface area contributed by atoms with Crippen molar-refractivity contribution in [2.24, 2.45) is 0 Å². The molecule has 2 N–H and O–H groups in total. The lowest BCUT2D eigenvalue weighted by atomic mass is 10.1. The number of H-pyrrole nitrogens is 1. The van der Waals surface area contributed by atoms with Crippen molar-refractivity contribution in [2.45, 2.75) is 25.8 Å². The summed E-state index contributed by atoms with van der Waals surface area (Å²) >= 11 is 0. The lowest BCUT2D eigenvalue weighted by Gasteiger charge is -2.12. The van der Waals surface area contributed by atoms with Gasteiger partial charge in [0.2, 0.25) is 0 Å². The Morgan fingerprint density at radius 1 is 1.47 bits per heavy atom. The summed E-state index contributed by atoms with van der Waals surface area (Å²) in [5, 5.41) is 8.71. The fourth-order valence-corrected chi connectivity index (χ4v) is 1.65. The van der Waals surface area contributed by atoms with Crippen LogP contribution in [0.5, 0.6) is 0 Å². The number of aromatic amines is 1. The summed E-state index contributed by atoms with van der Waals surface area (Å²) in [6.45, 7) is 1.91. The molecule has 2 aromatic rings. The molecule has 0 radical (unpaired) electrons. The van der Waals surface area contributed by atoms with Crippen LogP contribution in [0.1, 0.15) is 29.6 Å². The second-order valence-corrected chi connectivity index (χ2v) is 4.30. The Bertz CT molecular complexity index is 569. The Balaban J connectivity index is 1.84. The second-order valence-electron chi connectivity index (χ2n) is 4.30. The Labute approximate surface area is 109 Å². The summed E-state index contributed by atoms with van der Waals surface area (Å²) in [4.78, 5) is 22.6. The Morgan fingerprint density at radius 3 is 2.95 bits per heavy atom. The van der Waals surface area contributed by atoms with Crippen molar-refractivity contribution in [3.05, 3.63) is 52.3 Å². The predicted octanol–water partition coefficient (Wildman–Crippen LogP) is 1.11. The molecule has 2 aromatic heterocycles. The Hall–Kier alpha value is -2.37. The normalized spacial score (nSPS) is 12.1. The van der Waals surface area contributed by atoms with Gasteiger partial charge in [0, 0.05) is 18.5 Å². The number of carbonyl (C=O) groups excluding carboxylic acids is 1. The van der Waals surface area contributed by atoms with Crippen LogP contribution in [0.25, 0.3) is 0 Å². The molecule has 100 valence electrons. The maximum absolute atomic E-state index is 11.8. The molecule has 2 rings (SSSR count). The van der Waals surface area contributed by atoms with Gasteiger partial charge < -0.3 is 9.73 Å². The summed E-state index contributed by atoms with van der Waals surface area (Å²) < 4.78 is 5.22. The summed E-state index contributed by atoms with van der Waals surface area (Å²) in [6, 6.07) is 6.40. The van der Waals surface area contributed by atoms with Gasteiger partial charge in [0.1, 0.15) is 11.5 Å². The zero-order chi connectivity index (χ0) is 13.7. The minimum atomic E-state index is -0.331. The number of furan rings is 1. The topological polar surface area (TPSA) is 88.0 Å². The fourth-order valence-electron chi connectivity index (χ4n) is 1.65. The van der Waals surface area contributed by atoms with Crippen LogP contribution < -0.4 is 10.9 Å². The molecule has 6 nitrogen and oxygen atoms in total. The third-order valence-corrected chi connectivity index (χ3v) is 2.69. The van der Waals surface area contributed by atoms with E-state index in [9.17, 15) is 9.59 Å². The van der Waals surface area contributed by atoms with Gasteiger partial charge in [0.25, 0.3) is 11.5 Å². The van der Waals surface area contributed by atoms with Crippen molar-refractivity contribution in [3.8, 4) is 0 Å². The van der Waals surface area contributed by atoms with Crippen LogP contribution in [-0.4, -0.2) is 22.1 Å². The molecule has 6 heteroatoms. The summed E-state index contributed by atoms with van der Waals surface area (Å²) in [5.41, 5.74) is -0.133. The van der Waals surface area contributed by atoms with E-state index in [0.29, 0.717) is 0 Å². The van der Waals surface area contributed by atoms with Crippen LogP contribution >= 0.6 is 0 Å². The molecule has 1 atom stereocenters. The number of nitrogens with zero attached hydrogens (tertiary/aromatic N) is 1. The Kier molecular flexibility index (Phi) is 4.12. The van der Waals surface area contributed by atoms with Crippen LogP contribution in [0.3, 0.4) is 0 Å². The van der Waals surface area contributed by atoms with Crippen molar-refractivity contribution < 1.29 is 9.21 Å². The van der Waals surface area contributed by atoms with Crippen molar-refractivity contribution >= 4 is 5.91 Å². The average Bonchev–Trinajstić information content (AvgIpc) is 2.90. The van der Waals surface area contributed by atoms with Crippen LogP contribution in [0.15, 0.2) is 39.7 Å². The van der Waals surface area contributed by atoms with E-state index in [-0.39, 0.29) is 23.2 Å². The molecule has 0 fully saturated rings. The van der Waals surface area contributed by atoms with Crippen molar-refractivity contribution in [3.63, 3.8) is 0 Å². The minimum absolute atomic E-state index is 0.00803. The molecule has 0 saturated heterocycles. The largest absolute Gasteiger partial charge is 0.469 e. The zero-order valence-electron chi connectivity index (χ0n) is 10.6. The van der Waals surface area contributed by atoms with E-state index >= 15 is 0 Å². The quantitative estimate of drug-likeness (QED) is 0.844. The maximum Gasteiger partial charge on any atom is 0.271 e. The van der Waals surface area contributed by atoms with Gasteiger partial charge in [0.15, 0.2) is 0 Å². The van der Waals surface area contributed by atoms with E-state index < -0.39 is 0 Å². The van der Waals surface area contributed by atoms with E-state index in [0.717, 1.165) is 18.6 Å². The highest BCUT2D eigenvalue weighted by Crippen LogP contribution is 2.06. The minimum Gasteiger partial charge on any atom is -0.469 e. The first-order valence-electron chi connectivity index (χ1n) is 6.04. The first kappa shape index (κ1) is 13.1. The molecule has 19 heavy (non-hydrogen) atoms. The highest BCUT2D eigenvalue weighted by atomic mass is 16.3. The summed E-state index contributed by atoms with van der Waals surface area (Å²) in [7, 11) is 0. The van der Waals surface area contributed by atoms with E-state index in [1.807, 2.05) is 19.1 Å². The number of hydrogen-bond acceptors (Lipinski definition) is 4. The number of aryl methyl sites for hydroxylation is 1. The van der Waals surface area contributed by atoms with Crippen molar-refractivity contribution in [1.29, 1.82) is 0 Å². The SMILES string of the molecule is C[C@@H](CCc1ccco1)NC(=O)c1ccc(=O)[nH]n1. The number of amides is 1. The van der Waals surface area contributed by atoms with Gasteiger partial charge in [-0.2, -0.15) is 5.10 Å². The molecule has 0 aliphatic rings. The van der Waals surface area contributed by atoms with E-state index in [1.165, 1.54) is 12.1 Å². The number of nitrogens with one attached hydrogen (secondary N) is 2. The van der Waals surface area contributed by atoms with Gasteiger partial charge in [0.05, 0.1) is 6.26 Å². The fraction of sp³-hybridized carbons (Fsp3) is 0.308. The van der Waals surface area contributed by atoms with E-state index in [1.54, 1.807) is 6.26 Å². The molecule has 0 unspecified atom stereocenters. The van der Waals surface area contributed by atoms with Crippen molar-refractivity contribution in [2.75, 3.05) is 0 Å². The zero-order valence-corrected chi connectivity index (χ0v) is 10.6. The van der Waals surface area contributed by atoms with E-state index in [2.05, 4.69) is 15.5 Å².